The number of nitrogens with one attached hydrogen (secondary N) is 1. The van der Waals surface area contributed by atoms with E-state index in [4.69, 9.17) is 5.10 Å². The van der Waals surface area contributed by atoms with Gasteiger partial charge in [-0.25, -0.2) is 0 Å². The second-order valence-corrected chi connectivity index (χ2v) is 6.40. The Morgan fingerprint density at radius 1 is 1.10 bits per heavy atom. The van der Waals surface area contributed by atoms with Crippen molar-refractivity contribution in [2.75, 3.05) is 6.54 Å². The molecule has 1 aliphatic rings. The molecule has 3 heteroatoms. The smallest absolute Gasteiger partial charge is 0.0675 e. The van der Waals surface area contributed by atoms with Gasteiger partial charge in [0.2, 0.25) is 0 Å². The van der Waals surface area contributed by atoms with Crippen molar-refractivity contribution in [3.05, 3.63) is 17.5 Å². The van der Waals surface area contributed by atoms with Crippen LogP contribution >= 0.6 is 0 Å². The lowest BCUT2D eigenvalue weighted by Gasteiger charge is -2.31. The van der Waals surface area contributed by atoms with Crippen LogP contribution in [0.2, 0.25) is 0 Å². The molecule has 0 aliphatic heterocycles. The highest BCUT2D eigenvalue weighted by Gasteiger charge is 2.26. The third-order valence-corrected chi connectivity index (χ3v) is 4.79. The van der Waals surface area contributed by atoms with Crippen molar-refractivity contribution in [3.8, 4) is 0 Å². The topological polar surface area (TPSA) is 29.9 Å². The maximum Gasteiger partial charge on any atom is 0.0675 e. The summed E-state index contributed by atoms with van der Waals surface area (Å²) in [6, 6.07) is 3.46. The molecule has 1 aromatic heterocycles. The van der Waals surface area contributed by atoms with E-state index in [1.165, 1.54) is 56.3 Å². The van der Waals surface area contributed by atoms with Gasteiger partial charge in [-0.2, -0.15) is 5.10 Å². The molecule has 1 N–H and O–H groups in total. The van der Waals surface area contributed by atoms with Gasteiger partial charge >= 0.3 is 0 Å². The number of rotatable bonds is 6. The molecule has 0 amide bonds. The molecule has 1 heterocycles. The summed E-state index contributed by atoms with van der Waals surface area (Å²) in [6.07, 6.45) is 11.4. The molecule has 0 radical (unpaired) electrons. The van der Waals surface area contributed by atoms with Crippen LogP contribution in [0, 0.1) is 0 Å². The molecule has 0 bridgehead atoms. The van der Waals surface area contributed by atoms with E-state index in [0.29, 0.717) is 12.1 Å². The lowest BCUT2D eigenvalue weighted by Crippen LogP contribution is -2.39. The van der Waals surface area contributed by atoms with E-state index in [-0.39, 0.29) is 0 Å². The molecule has 2 rings (SSSR count). The third-order valence-electron chi connectivity index (χ3n) is 4.79. The minimum atomic E-state index is 0.548. The fraction of sp³-hybridized carbons (Fsp3) is 0.833. The van der Waals surface area contributed by atoms with Gasteiger partial charge in [0.1, 0.15) is 0 Å². The van der Waals surface area contributed by atoms with Gasteiger partial charge in [0.15, 0.2) is 0 Å². The third kappa shape index (κ3) is 4.32. The fourth-order valence-corrected chi connectivity index (χ4v) is 3.54. The van der Waals surface area contributed by atoms with Crippen LogP contribution in [0.5, 0.6) is 0 Å². The molecule has 3 nitrogen and oxygen atoms in total. The minimum Gasteiger partial charge on any atom is -0.312 e. The second-order valence-electron chi connectivity index (χ2n) is 6.40. The van der Waals surface area contributed by atoms with Crippen molar-refractivity contribution in [1.82, 2.24) is 15.1 Å². The first-order valence-electron chi connectivity index (χ1n) is 9.10. The minimum absolute atomic E-state index is 0.548. The van der Waals surface area contributed by atoms with Crippen molar-refractivity contribution in [2.45, 2.75) is 90.6 Å². The lowest BCUT2D eigenvalue weighted by molar-refractivity contribution is 0.262. The Labute approximate surface area is 130 Å². The van der Waals surface area contributed by atoms with E-state index in [1.807, 2.05) is 0 Å². The van der Waals surface area contributed by atoms with E-state index in [0.717, 1.165) is 19.4 Å². The SMILES string of the molecule is CCCNC1CCCCCCC1n1nc(CC)cc1CC. The largest absolute Gasteiger partial charge is 0.312 e. The van der Waals surface area contributed by atoms with Gasteiger partial charge in [0.25, 0.3) is 0 Å². The number of aromatic nitrogens is 2. The maximum atomic E-state index is 4.93. The molecular weight excluding hydrogens is 258 g/mol. The predicted molar refractivity (Wildman–Crippen MR) is 89.8 cm³/mol. The van der Waals surface area contributed by atoms with Crippen LogP contribution in [0.25, 0.3) is 0 Å². The van der Waals surface area contributed by atoms with E-state index >= 15 is 0 Å². The molecule has 21 heavy (non-hydrogen) atoms. The van der Waals surface area contributed by atoms with E-state index < -0.39 is 0 Å². The lowest BCUT2D eigenvalue weighted by atomic mass is 9.92. The Morgan fingerprint density at radius 2 is 1.86 bits per heavy atom. The quantitative estimate of drug-likeness (QED) is 0.848. The van der Waals surface area contributed by atoms with Gasteiger partial charge in [-0.1, -0.05) is 46.5 Å². The molecule has 1 aromatic rings. The molecule has 120 valence electrons. The number of nitrogens with zero attached hydrogens (tertiary/aromatic N) is 2. The van der Waals surface area contributed by atoms with Crippen LogP contribution in [0.4, 0.5) is 0 Å². The summed E-state index contributed by atoms with van der Waals surface area (Å²) in [6.45, 7) is 7.84. The van der Waals surface area contributed by atoms with E-state index in [1.54, 1.807) is 0 Å². The molecule has 1 fully saturated rings. The molecule has 1 saturated carbocycles. The fourth-order valence-electron chi connectivity index (χ4n) is 3.54. The maximum absolute atomic E-state index is 4.93. The van der Waals surface area contributed by atoms with Gasteiger partial charge in [-0.15, -0.1) is 0 Å². The first kappa shape index (κ1) is 16.5. The Balaban J connectivity index is 2.22. The first-order chi connectivity index (χ1) is 10.3. The highest BCUT2D eigenvalue weighted by Crippen LogP contribution is 2.28. The number of hydrogen-bond donors (Lipinski definition) is 1. The van der Waals surface area contributed by atoms with Crippen LogP contribution in [-0.4, -0.2) is 22.4 Å². The van der Waals surface area contributed by atoms with Gasteiger partial charge < -0.3 is 5.32 Å². The molecule has 0 saturated heterocycles. The van der Waals surface area contributed by atoms with Gasteiger partial charge in [-0.3, -0.25) is 4.68 Å². The molecule has 1 aliphatic carbocycles. The molecule has 0 aromatic carbocycles. The van der Waals surface area contributed by atoms with Crippen LogP contribution in [0.3, 0.4) is 0 Å². The average Bonchev–Trinajstić information content (AvgIpc) is 2.89. The Morgan fingerprint density at radius 3 is 2.52 bits per heavy atom. The van der Waals surface area contributed by atoms with Crippen molar-refractivity contribution in [1.29, 1.82) is 0 Å². The zero-order valence-electron chi connectivity index (χ0n) is 14.2. The van der Waals surface area contributed by atoms with E-state index in [2.05, 4.69) is 36.8 Å². The summed E-state index contributed by atoms with van der Waals surface area (Å²) in [5.41, 5.74) is 2.67. The predicted octanol–water partition coefficient (Wildman–Crippen LogP) is 4.27. The van der Waals surface area contributed by atoms with Gasteiger partial charge in [0, 0.05) is 11.7 Å². The van der Waals surface area contributed by atoms with Crippen molar-refractivity contribution < 1.29 is 0 Å². The highest BCUT2D eigenvalue weighted by molar-refractivity contribution is 5.12. The Kier molecular flexibility index (Phi) is 6.75. The van der Waals surface area contributed by atoms with Crippen LogP contribution < -0.4 is 5.32 Å². The van der Waals surface area contributed by atoms with Crippen molar-refractivity contribution in [3.63, 3.8) is 0 Å². The summed E-state index contributed by atoms with van der Waals surface area (Å²) in [4.78, 5) is 0. The average molecular weight is 291 g/mol. The summed E-state index contributed by atoms with van der Waals surface area (Å²) in [5.74, 6) is 0. The summed E-state index contributed by atoms with van der Waals surface area (Å²) >= 11 is 0. The van der Waals surface area contributed by atoms with Gasteiger partial charge in [-0.05, 0) is 44.7 Å². The normalized spacial score (nSPS) is 23.8. The molecule has 0 spiro atoms. The van der Waals surface area contributed by atoms with Crippen LogP contribution in [-0.2, 0) is 12.8 Å². The first-order valence-corrected chi connectivity index (χ1v) is 9.10. The van der Waals surface area contributed by atoms with Crippen LogP contribution in [0.15, 0.2) is 6.07 Å². The zero-order chi connectivity index (χ0) is 15.1. The second kappa shape index (κ2) is 8.57. The number of aryl methyl sites for hydroxylation is 2. The molecule has 2 atom stereocenters. The summed E-state index contributed by atoms with van der Waals surface area (Å²) in [7, 11) is 0. The number of hydrogen-bond acceptors (Lipinski definition) is 2. The standard InChI is InChI=1S/C18H33N3/c1-4-13-19-17-11-9-7-8-10-12-18(17)21-16(6-3)14-15(5-2)20-21/h14,17-19H,4-13H2,1-3H3. The Hall–Kier alpha value is -0.830. The van der Waals surface area contributed by atoms with Gasteiger partial charge in [0.05, 0.1) is 11.7 Å². The van der Waals surface area contributed by atoms with Crippen molar-refractivity contribution in [2.24, 2.45) is 0 Å². The monoisotopic (exact) mass is 291 g/mol. The zero-order valence-corrected chi connectivity index (χ0v) is 14.2. The summed E-state index contributed by atoms with van der Waals surface area (Å²) < 4.78 is 2.37. The molecular formula is C18H33N3. The Bertz CT molecular complexity index is 409. The van der Waals surface area contributed by atoms with Crippen LogP contribution in [0.1, 0.15) is 83.1 Å². The molecule has 2 unspecified atom stereocenters. The van der Waals surface area contributed by atoms with E-state index in [9.17, 15) is 0 Å². The highest BCUT2D eigenvalue weighted by atomic mass is 15.3. The van der Waals surface area contributed by atoms with Crippen molar-refractivity contribution >= 4 is 0 Å². The summed E-state index contributed by atoms with van der Waals surface area (Å²) in [5, 5.41) is 8.74.